The molecule has 10 nitrogen and oxygen atoms in total. The van der Waals surface area contributed by atoms with Gasteiger partial charge in [-0.25, -0.2) is 9.79 Å². The lowest BCUT2D eigenvalue weighted by atomic mass is 10.0. The summed E-state index contributed by atoms with van der Waals surface area (Å²) < 4.78 is 6.30. The van der Waals surface area contributed by atoms with Gasteiger partial charge in [0.2, 0.25) is 11.7 Å². The number of urea groups is 1. The smallest absolute Gasteiger partial charge is 0.360 e. The number of imide groups is 1. The Bertz CT molecular complexity index is 974. The van der Waals surface area contributed by atoms with Crippen LogP contribution in [0, 0.1) is 18.8 Å². The number of thioether (sulfide) groups is 1. The Morgan fingerprint density at radius 2 is 2.14 bits per heavy atom. The zero-order chi connectivity index (χ0) is 20.0. The van der Waals surface area contributed by atoms with E-state index in [9.17, 15) is 14.4 Å². The van der Waals surface area contributed by atoms with Crippen molar-refractivity contribution < 1.29 is 23.5 Å². The fourth-order valence-corrected chi connectivity index (χ4v) is 3.86. The molecular formula is C17H19N6O4S+. The summed E-state index contributed by atoms with van der Waals surface area (Å²) in [6, 6.07) is 1.19. The Hall–Kier alpha value is -2.82. The first-order chi connectivity index (χ1) is 13.3. The first-order valence-corrected chi connectivity index (χ1v) is 9.79. The summed E-state index contributed by atoms with van der Waals surface area (Å²) in [4.78, 5) is 47.4. The van der Waals surface area contributed by atoms with E-state index in [4.69, 9.17) is 4.52 Å². The van der Waals surface area contributed by atoms with Crippen LogP contribution < -0.4 is 5.32 Å². The molecule has 1 fully saturated rings. The Labute approximate surface area is 164 Å². The number of anilines is 1. The molecule has 1 atom stereocenters. The largest absolute Gasteiger partial charge is 0.445 e. The number of aryl methyl sites for hydroxylation is 1. The van der Waals surface area contributed by atoms with Crippen molar-refractivity contribution in [1.29, 1.82) is 0 Å². The van der Waals surface area contributed by atoms with E-state index in [1.165, 1.54) is 23.4 Å². The molecule has 146 valence electrons. The molecule has 2 aliphatic heterocycles. The lowest BCUT2D eigenvalue weighted by Crippen LogP contribution is -2.54. The van der Waals surface area contributed by atoms with Gasteiger partial charge in [0, 0.05) is 12.0 Å². The minimum absolute atomic E-state index is 0.0428. The van der Waals surface area contributed by atoms with Crippen molar-refractivity contribution in [3.8, 4) is 0 Å². The summed E-state index contributed by atoms with van der Waals surface area (Å²) in [7, 11) is 3.02. The van der Waals surface area contributed by atoms with Crippen molar-refractivity contribution >= 4 is 52.1 Å². The van der Waals surface area contributed by atoms with Gasteiger partial charge in [-0.1, -0.05) is 21.9 Å². The molecule has 1 unspecified atom stereocenters. The van der Waals surface area contributed by atoms with E-state index in [0.717, 1.165) is 17.7 Å². The van der Waals surface area contributed by atoms with Crippen molar-refractivity contribution in [2.24, 2.45) is 21.8 Å². The van der Waals surface area contributed by atoms with Gasteiger partial charge in [-0.05, 0) is 19.8 Å². The highest BCUT2D eigenvalue weighted by atomic mass is 32.2. The second-order valence-corrected chi connectivity index (χ2v) is 7.88. The molecule has 0 aromatic carbocycles. The number of amides is 4. The fraction of sp³-hybridized carbons (Fsp3) is 0.471. The number of amidine groups is 2. The number of aromatic nitrogens is 1. The van der Waals surface area contributed by atoms with Gasteiger partial charge in [-0.2, -0.15) is 9.48 Å². The Balaban J connectivity index is 1.56. The molecule has 0 saturated heterocycles. The highest BCUT2D eigenvalue weighted by Gasteiger charge is 2.50. The zero-order valence-electron chi connectivity index (χ0n) is 15.6. The monoisotopic (exact) mass is 403 g/mol. The third-order valence-electron chi connectivity index (χ3n) is 4.64. The Morgan fingerprint density at radius 3 is 2.79 bits per heavy atom. The van der Waals surface area contributed by atoms with Crippen LogP contribution in [0.4, 0.5) is 10.6 Å². The van der Waals surface area contributed by atoms with E-state index in [1.807, 2.05) is 0 Å². The number of nitrogens with one attached hydrogen (secondary N) is 1. The van der Waals surface area contributed by atoms with Crippen LogP contribution in [0.5, 0.6) is 0 Å². The maximum atomic E-state index is 12.7. The van der Waals surface area contributed by atoms with Crippen molar-refractivity contribution in [3.05, 3.63) is 11.8 Å². The number of nitrogens with zero attached hydrogens (tertiary/aromatic N) is 5. The molecule has 1 aliphatic carbocycles. The number of hydrogen-bond donors (Lipinski definition) is 1. The van der Waals surface area contributed by atoms with Crippen molar-refractivity contribution in [1.82, 2.24) is 10.1 Å². The number of hydrogen-bond acceptors (Lipinski definition) is 8. The number of aliphatic imine (C=N–C) groups is 2. The Kier molecular flexibility index (Phi) is 4.61. The molecule has 1 N–H and O–H groups in total. The van der Waals surface area contributed by atoms with Gasteiger partial charge in [0.25, 0.3) is 5.84 Å². The van der Waals surface area contributed by atoms with Crippen LogP contribution in [0.25, 0.3) is 0 Å². The molecule has 4 amide bonds. The summed E-state index contributed by atoms with van der Waals surface area (Å²) in [5.41, 5.74) is 0. The standard InChI is InChI=1S/C17H18N6O4S/c1-8-6-10(21-27-8)18-11(24)7-28-15-12-14(19-13(20-15)9-4-5-9)22(2)17(26)23(3)16(12)25/h6,9,12H,4-5,7H2,1-3H3/p+1. The summed E-state index contributed by atoms with van der Waals surface area (Å²) in [6.45, 7) is 1.73. The first-order valence-electron chi connectivity index (χ1n) is 8.80. The third kappa shape index (κ3) is 3.37. The second-order valence-electron chi connectivity index (χ2n) is 6.88. The molecule has 4 rings (SSSR count). The van der Waals surface area contributed by atoms with Gasteiger partial charge >= 0.3 is 11.9 Å². The van der Waals surface area contributed by atoms with Crippen LogP contribution in [0.3, 0.4) is 0 Å². The fourth-order valence-electron chi connectivity index (χ4n) is 2.97. The molecule has 0 bridgehead atoms. The molecule has 28 heavy (non-hydrogen) atoms. The van der Waals surface area contributed by atoms with E-state index >= 15 is 0 Å². The molecule has 3 aliphatic rings. The van der Waals surface area contributed by atoms with E-state index in [1.54, 1.807) is 20.0 Å². The van der Waals surface area contributed by atoms with E-state index in [-0.39, 0.29) is 17.6 Å². The molecule has 1 saturated carbocycles. The molecule has 1 aromatic rings. The maximum absolute atomic E-state index is 12.7. The minimum Gasteiger partial charge on any atom is -0.360 e. The Morgan fingerprint density at radius 1 is 1.39 bits per heavy atom. The SMILES string of the molecule is Cc1cc(NC(=O)CSC2=NC(C3CC3)=NC3=[N+](C)C(=O)N(C)C(=O)C23)no1. The van der Waals surface area contributed by atoms with E-state index in [0.29, 0.717) is 28.3 Å². The molecule has 3 heterocycles. The predicted octanol–water partition coefficient (Wildman–Crippen LogP) is 1.12. The molecule has 11 heteroatoms. The second kappa shape index (κ2) is 6.97. The highest BCUT2D eigenvalue weighted by molar-refractivity contribution is 8.14. The van der Waals surface area contributed by atoms with Crippen LogP contribution >= 0.6 is 11.8 Å². The molecule has 1 aromatic heterocycles. The van der Waals surface area contributed by atoms with Gasteiger partial charge in [-0.15, -0.1) is 0 Å². The van der Waals surface area contributed by atoms with E-state index in [2.05, 4.69) is 20.5 Å². The first kappa shape index (κ1) is 18.5. The average molecular weight is 403 g/mol. The predicted molar refractivity (Wildman–Crippen MR) is 103 cm³/mol. The summed E-state index contributed by atoms with van der Waals surface area (Å²) in [6.07, 6.45) is 1.96. The van der Waals surface area contributed by atoms with Gasteiger partial charge in [0.15, 0.2) is 11.7 Å². The van der Waals surface area contributed by atoms with Crippen molar-refractivity contribution in [3.63, 3.8) is 0 Å². The topological polar surface area (TPSA) is 120 Å². The minimum atomic E-state index is -0.776. The zero-order valence-corrected chi connectivity index (χ0v) is 16.4. The number of rotatable bonds is 4. The highest BCUT2D eigenvalue weighted by Crippen LogP contribution is 2.35. The van der Waals surface area contributed by atoms with Crippen LogP contribution in [-0.4, -0.2) is 69.0 Å². The summed E-state index contributed by atoms with van der Waals surface area (Å²) >= 11 is 1.17. The van der Waals surface area contributed by atoms with Crippen molar-refractivity contribution in [2.75, 3.05) is 25.2 Å². The number of fused-ring (bicyclic) bond motifs is 1. The molecule has 0 radical (unpaired) electrons. The van der Waals surface area contributed by atoms with Gasteiger partial charge in [0.1, 0.15) is 10.8 Å². The van der Waals surface area contributed by atoms with Crippen LogP contribution in [-0.2, 0) is 9.59 Å². The van der Waals surface area contributed by atoms with Crippen LogP contribution in [0.1, 0.15) is 18.6 Å². The van der Waals surface area contributed by atoms with Crippen LogP contribution in [0.15, 0.2) is 20.6 Å². The number of carbonyl (C=O) groups is 3. The van der Waals surface area contributed by atoms with Crippen LogP contribution in [0.2, 0.25) is 0 Å². The lowest BCUT2D eigenvalue weighted by molar-refractivity contribution is -0.407. The van der Waals surface area contributed by atoms with E-state index < -0.39 is 17.9 Å². The third-order valence-corrected chi connectivity index (χ3v) is 5.67. The summed E-state index contributed by atoms with van der Waals surface area (Å²) in [5, 5.41) is 6.85. The quantitative estimate of drug-likeness (QED) is 0.753. The lowest BCUT2D eigenvalue weighted by Gasteiger charge is -2.26. The van der Waals surface area contributed by atoms with Gasteiger partial charge < -0.3 is 9.84 Å². The normalized spacial score (nSPS) is 22.1. The average Bonchev–Trinajstić information content (AvgIpc) is 3.45. The van der Waals surface area contributed by atoms with Crippen molar-refractivity contribution in [2.45, 2.75) is 19.8 Å². The van der Waals surface area contributed by atoms with Gasteiger partial charge in [0.05, 0.1) is 19.8 Å². The summed E-state index contributed by atoms with van der Waals surface area (Å²) in [5.74, 6) is 0.748. The molecule has 0 spiro atoms. The maximum Gasteiger partial charge on any atom is 0.445 e. The molecular weight excluding hydrogens is 384 g/mol. The van der Waals surface area contributed by atoms with Gasteiger partial charge in [-0.3, -0.25) is 9.59 Å². The number of carbonyl (C=O) groups excluding carboxylic acids is 3.